The maximum absolute atomic E-state index is 9.38. The fourth-order valence-corrected chi connectivity index (χ4v) is 20.0. The fraction of sp³-hybridized carbons (Fsp3) is 0.286. The van der Waals surface area contributed by atoms with Crippen molar-refractivity contribution < 1.29 is 0 Å². The third-order valence-corrected chi connectivity index (χ3v) is 26.5. The van der Waals surface area contributed by atoms with E-state index < -0.39 is 5.41 Å². The molecule has 0 fully saturated rings. The van der Waals surface area contributed by atoms with Crippen LogP contribution < -0.4 is 26.2 Å². The van der Waals surface area contributed by atoms with E-state index in [1.165, 1.54) is 77.2 Å². The molecule has 19 rings (SSSR count). The molecule has 0 N–H and O–H groups in total. The molecule has 0 saturated heterocycles. The second-order valence-corrected chi connectivity index (χ2v) is 42.6. The Morgan fingerprint density at radius 3 is 0.760 bits per heavy atom. The molecule has 17 aromatic rings. The summed E-state index contributed by atoms with van der Waals surface area (Å²) in [7, 11) is 0. The largest absolute Gasteiger partial charge is 0.310 e. The highest BCUT2D eigenvalue weighted by atomic mass is 15.2. The minimum absolute atomic E-state index is 0.100. The van der Waals surface area contributed by atoms with Crippen LogP contribution in [0.4, 0.5) is 45.5 Å². The minimum atomic E-state index is -0.444. The van der Waals surface area contributed by atoms with Crippen LogP contribution >= 0.6 is 0 Å². The molecular weight excluding hydrogens is 1470 g/mol. The fourth-order valence-electron chi connectivity index (χ4n) is 20.0. The average molecular weight is 1580 g/mol. The second-order valence-electron chi connectivity index (χ2n) is 42.6. The van der Waals surface area contributed by atoms with Crippen LogP contribution in [0.1, 0.15) is 207 Å². The summed E-state index contributed by atoms with van der Waals surface area (Å²) in [6, 6.07) is 85.2. The zero-order chi connectivity index (χ0) is 85.7. The highest BCUT2D eigenvalue weighted by Gasteiger charge is 2.47. The third-order valence-electron chi connectivity index (χ3n) is 26.5. The Morgan fingerprint density at radius 1 is 0.231 bits per heavy atom. The van der Waals surface area contributed by atoms with Gasteiger partial charge in [0.15, 0.2) is 11.4 Å². The third kappa shape index (κ3) is 12.5. The van der Waals surface area contributed by atoms with Crippen LogP contribution in [0, 0.1) is 40.8 Å². The Morgan fingerprint density at radius 2 is 0.496 bits per heavy atom. The van der Waals surface area contributed by atoms with Gasteiger partial charge in [-0.15, -0.1) is 0 Å². The lowest BCUT2D eigenvalue weighted by Gasteiger charge is -2.45. The van der Waals surface area contributed by atoms with Crippen molar-refractivity contribution in [2.24, 2.45) is 0 Å². The molecule has 0 bridgehead atoms. The van der Waals surface area contributed by atoms with E-state index >= 15 is 0 Å². The summed E-state index contributed by atoms with van der Waals surface area (Å²) in [5.41, 5.74) is 35.5. The molecular formula is C112H111BN8. The summed E-state index contributed by atoms with van der Waals surface area (Å²) in [4.78, 5) is 14.3. The van der Waals surface area contributed by atoms with Crippen LogP contribution in [0.2, 0.25) is 0 Å². The van der Waals surface area contributed by atoms with Crippen molar-refractivity contribution in [1.82, 2.24) is 18.3 Å². The number of fused-ring (bicyclic) bond motifs is 16. The summed E-state index contributed by atoms with van der Waals surface area (Å²) in [5.74, 6) is 0. The Labute approximate surface area is 715 Å². The van der Waals surface area contributed by atoms with Gasteiger partial charge in [0, 0.05) is 77.8 Å². The van der Waals surface area contributed by atoms with Crippen LogP contribution in [-0.2, 0) is 37.9 Å². The van der Waals surface area contributed by atoms with Crippen molar-refractivity contribution in [3.8, 4) is 22.7 Å². The van der Waals surface area contributed by atoms with Crippen molar-refractivity contribution in [2.45, 2.75) is 211 Å². The van der Waals surface area contributed by atoms with Gasteiger partial charge in [0.2, 0.25) is 0 Å². The lowest BCUT2D eigenvalue weighted by Crippen LogP contribution is -2.61. The van der Waals surface area contributed by atoms with Crippen LogP contribution in [0.15, 0.2) is 218 Å². The lowest BCUT2D eigenvalue weighted by atomic mass is 9.33. The molecule has 2 aliphatic rings. The Bertz CT molecular complexity index is 6840. The molecule has 0 atom stereocenters. The first-order chi connectivity index (χ1) is 56.9. The minimum Gasteiger partial charge on any atom is -0.310 e. The van der Waals surface area contributed by atoms with Gasteiger partial charge >= 0.3 is 0 Å². The normalized spacial score (nSPS) is 13.6. The van der Waals surface area contributed by atoms with Gasteiger partial charge in [-0.3, -0.25) is 0 Å². The van der Waals surface area contributed by atoms with E-state index in [9.17, 15) is 13.1 Å². The van der Waals surface area contributed by atoms with E-state index in [1.807, 2.05) is 0 Å². The lowest BCUT2D eigenvalue weighted by molar-refractivity contribution is 0.590. The van der Waals surface area contributed by atoms with Crippen LogP contribution in [0.5, 0.6) is 0 Å². The average Bonchev–Trinajstić information content (AvgIpc) is 1.68. The molecule has 0 amide bonds. The molecule has 121 heavy (non-hydrogen) atoms. The molecule has 2 aliphatic heterocycles. The number of rotatable bonds is 6. The van der Waals surface area contributed by atoms with E-state index in [0.29, 0.717) is 11.4 Å². The summed E-state index contributed by atoms with van der Waals surface area (Å²) < 4.78 is 10.1. The molecule has 13 aromatic carbocycles. The first-order valence-electron chi connectivity index (χ1n) is 43.4. The standard InChI is InChI=1S/C112H111BN8/c1-64-44-65(2)47-79(46-64)118-95-42-32-72(110(17,18)19)54-85(95)87-58-75(114-26)60-101(104(87)118)120-97-62-77(116-91-38-28-68(106(5,6)7)50-81(91)82-51-69(107(8,9)10)29-39-92(82)116)34-36-89(97)113-90-37-35-78(117-93-40-30-70(108(11,12)13)52-83(93)84-53-71(109(14,15)16)31-41-94(84)117)63-98(90)121(100-57-74(112(23,24)25)56-99(120)103(100)113)102-61-76(115-27)59-88-86-55-73(111(20,21)22)33-43-96(86)119(105(88)102)80-48-66(3)45-67(4)49-80/h28-63H,1-25H3. The maximum Gasteiger partial charge on any atom is 0.252 e. The number of nitrogens with zero attached hydrogens (tertiary/aromatic N) is 8. The Kier molecular flexibility index (Phi) is 17.3. The van der Waals surface area contributed by atoms with Crippen LogP contribution in [0.3, 0.4) is 0 Å². The molecule has 602 valence electrons. The molecule has 0 saturated carbocycles. The predicted octanol–water partition coefficient (Wildman–Crippen LogP) is 29.6. The molecule has 0 radical (unpaired) electrons. The van der Waals surface area contributed by atoms with E-state index in [2.05, 4.69) is 429 Å². The smallest absolute Gasteiger partial charge is 0.252 e. The van der Waals surface area contributed by atoms with E-state index in [1.54, 1.807) is 0 Å². The number of anilines is 6. The predicted molar refractivity (Wildman–Crippen MR) is 520 cm³/mol. The number of benzene rings is 13. The molecule has 0 aliphatic carbocycles. The summed E-state index contributed by atoms with van der Waals surface area (Å²) >= 11 is 0. The van der Waals surface area contributed by atoms with Gasteiger partial charge in [0.1, 0.15) is 0 Å². The van der Waals surface area contributed by atoms with E-state index in [4.69, 9.17) is 0 Å². The van der Waals surface area contributed by atoms with Gasteiger partial charge in [0.05, 0.1) is 68.7 Å². The molecule has 0 unspecified atom stereocenters. The van der Waals surface area contributed by atoms with E-state index in [-0.39, 0.29) is 39.2 Å². The number of aromatic nitrogens is 4. The number of hydrogen-bond donors (Lipinski definition) is 0. The molecule has 0 spiro atoms. The van der Waals surface area contributed by atoms with Gasteiger partial charge in [-0.2, -0.15) is 0 Å². The Balaban J connectivity index is 1.01. The van der Waals surface area contributed by atoms with Gasteiger partial charge in [0.25, 0.3) is 6.71 Å². The quantitative estimate of drug-likeness (QED) is 0.123. The zero-order valence-corrected chi connectivity index (χ0v) is 75.4. The Hall–Kier alpha value is -12.3. The van der Waals surface area contributed by atoms with Crippen molar-refractivity contribution in [1.29, 1.82) is 0 Å². The molecule has 9 heteroatoms. The molecule has 4 aromatic heterocycles. The van der Waals surface area contributed by atoms with Crippen molar-refractivity contribution in [2.75, 3.05) is 9.80 Å². The first-order valence-corrected chi connectivity index (χ1v) is 43.4. The molecule has 8 nitrogen and oxygen atoms in total. The first kappa shape index (κ1) is 78.5. The van der Waals surface area contributed by atoms with Crippen molar-refractivity contribution in [3.63, 3.8) is 0 Å². The highest BCUT2D eigenvalue weighted by Crippen LogP contribution is 2.55. The highest BCUT2D eigenvalue weighted by molar-refractivity contribution is 7.00. The zero-order valence-electron chi connectivity index (χ0n) is 75.4. The van der Waals surface area contributed by atoms with Gasteiger partial charge < -0.3 is 28.1 Å². The molecule has 6 heterocycles. The van der Waals surface area contributed by atoms with Crippen LogP contribution in [-0.4, -0.2) is 25.0 Å². The number of hydrogen-bond acceptors (Lipinski definition) is 2. The summed E-state index contributed by atoms with van der Waals surface area (Å²) in [6.07, 6.45) is 0. The maximum atomic E-state index is 9.38. The summed E-state index contributed by atoms with van der Waals surface area (Å²) in [6.45, 7) is 76.0. The second kappa shape index (κ2) is 26.6. The van der Waals surface area contributed by atoms with Crippen molar-refractivity contribution >= 4 is 156 Å². The van der Waals surface area contributed by atoms with Crippen LogP contribution in [0.25, 0.3) is 120 Å². The summed E-state index contributed by atoms with van der Waals surface area (Å²) in [5, 5.41) is 9.10. The van der Waals surface area contributed by atoms with Gasteiger partial charge in [-0.25, -0.2) is 9.69 Å². The van der Waals surface area contributed by atoms with E-state index in [0.717, 1.165) is 145 Å². The number of aryl methyl sites for hydroxylation is 4. The SMILES string of the molecule is [C-]#[N+]c1cc(N2c3cc(-n4c5ccc(C(C)(C)C)cc5c5cc(C(C)(C)C)ccc54)ccc3B3c4ccc(-n5c6ccc(C(C)(C)C)cc6c6cc(C(C)(C)C)ccc65)cc4N(c4cc([N+]#[C-])cc5c6cc(C(C)(C)C)ccc6n(-c6cc(C)cc(C)c6)c45)c4cc(C(C)(C)C)cc2c43)c2c(c1)c1cc(C(C)(C)C)ccc1n2-c1cc(C)cc(C)c1. The van der Waals surface area contributed by atoms with Crippen molar-refractivity contribution in [3.05, 3.63) is 302 Å². The monoisotopic (exact) mass is 1580 g/mol. The topological polar surface area (TPSA) is 34.9 Å². The van der Waals surface area contributed by atoms with Gasteiger partial charge in [-0.1, -0.05) is 206 Å². The van der Waals surface area contributed by atoms with Gasteiger partial charge in [-0.05, 0) is 312 Å².